The molecule has 1 aromatic carbocycles. The van der Waals surface area contributed by atoms with Gasteiger partial charge in [0.05, 0.1) is 17.5 Å². The van der Waals surface area contributed by atoms with Crippen molar-refractivity contribution in [3.63, 3.8) is 0 Å². The van der Waals surface area contributed by atoms with Gasteiger partial charge in [0.2, 0.25) is 5.91 Å². The van der Waals surface area contributed by atoms with E-state index >= 15 is 0 Å². The molecule has 2 rings (SSSR count). The molecule has 0 radical (unpaired) electrons. The van der Waals surface area contributed by atoms with Gasteiger partial charge in [-0.3, -0.25) is 4.79 Å². The van der Waals surface area contributed by atoms with Crippen LogP contribution in [-0.4, -0.2) is 27.8 Å². The Morgan fingerprint density at radius 1 is 1.13 bits per heavy atom. The van der Waals surface area contributed by atoms with Gasteiger partial charge in [0, 0.05) is 30.9 Å². The number of alkyl halides is 4. The zero-order chi connectivity index (χ0) is 22.4. The Labute approximate surface area is 181 Å². The number of halogens is 4. The molecule has 0 N–H and O–H groups in total. The smallest absolute Gasteiger partial charge is 0.345 e. The lowest BCUT2D eigenvalue weighted by molar-refractivity contribution is -0.140. The van der Waals surface area contributed by atoms with E-state index in [2.05, 4.69) is 6.92 Å². The summed E-state index contributed by atoms with van der Waals surface area (Å²) < 4.78 is 40.9. The molecule has 0 unspecified atom stereocenters. The first-order valence-electron chi connectivity index (χ1n) is 10.2. The van der Waals surface area contributed by atoms with E-state index in [1.165, 1.54) is 12.1 Å². The lowest BCUT2D eigenvalue weighted by Gasteiger charge is -2.31. The van der Waals surface area contributed by atoms with Gasteiger partial charge < -0.3 is 9.47 Å². The van der Waals surface area contributed by atoms with Crippen molar-refractivity contribution in [3.05, 3.63) is 59.4 Å². The van der Waals surface area contributed by atoms with Gasteiger partial charge in [0.1, 0.15) is 0 Å². The number of carbonyl (C=O) groups is 1. The molecular weight excluding hydrogens is 413 g/mol. The predicted octanol–water partition coefficient (Wildman–Crippen LogP) is 6.34. The molecule has 0 aliphatic heterocycles. The number of amides is 1. The fraction of sp³-hybridized carbons (Fsp3) is 0.522. The Hall–Kier alpha value is -1.95. The second-order valence-corrected chi connectivity index (χ2v) is 8.54. The van der Waals surface area contributed by atoms with Crippen LogP contribution < -0.4 is 0 Å². The molecular formula is C23H30ClF3N2O. The van der Waals surface area contributed by atoms with Crippen LogP contribution in [0, 0.1) is 5.41 Å². The number of hydrogen-bond donors (Lipinski definition) is 0. The van der Waals surface area contributed by atoms with Crippen LogP contribution in [0.5, 0.6) is 0 Å². The highest BCUT2D eigenvalue weighted by Crippen LogP contribution is 2.30. The van der Waals surface area contributed by atoms with Gasteiger partial charge in [0.15, 0.2) is 0 Å². The highest BCUT2D eigenvalue weighted by atomic mass is 35.5. The molecule has 1 heterocycles. The number of aromatic nitrogens is 1. The van der Waals surface area contributed by atoms with E-state index < -0.39 is 17.2 Å². The molecule has 2 aromatic rings. The van der Waals surface area contributed by atoms with Crippen LogP contribution in [0.2, 0.25) is 0 Å². The first-order valence-corrected chi connectivity index (χ1v) is 10.8. The second-order valence-electron chi connectivity index (χ2n) is 8.28. The largest absolute Gasteiger partial charge is 0.416 e. The third kappa shape index (κ3) is 6.53. The third-order valence-corrected chi connectivity index (χ3v) is 5.78. The van der Waals surface area contributed by atoms with Crippen molar-refractivity contribution in [1.82, 2.24) is 9.47 Å². The number of benzene rings is 1. The molecule has 0 bridgehead atoms. The van der Waals surface area contributed by atoms with Crippen molar-refractivity contribution in [1.29, 1.82) is 0 Å². The molecule has 30 heavy (non-hydrogen) atoms. The molecule has 1 amide bonds. The number of carbonyl (C=O) groups excluding carboxylic acids is 1. The summed E-state index contributed by atoms with van der Waals surface area (Å²) in [6.45, 7) is 7.10. The Kier molecular flexibility index (Phi) is 8.42. The van der Waals surface area contributed by atoms with E-state index in [9.17, 15) is 18.0 Å². The van der Waals surface area contributed by atoms with E-state index in [-0.39, 0.29) is 11.8 Å². The van der Waals surface area contributed by atoms with Crippen molar-refractivity contribution in [2.45, 2.75) is 59.3 Å². The fourth-order valence-electron chi connectivity index (χ4n) is 3.28. The minimum Gasteiger partial charge on any atom is -0.345 e. The zero-order valence-corrected chi connectivity index (χ0v) is 18.6. The van der Waals surface area contributed by atoms with Crippen LogP contribution in [0.4, 0.5) is 13.2 Å². The van der Waals surface area contributed by atoms with Gasteiger partial charge in [-0.25, -0.2) is 0 Å². The highest BCUT2D eigenvalue weighted by molar-refractivity contribution is 6.19. The highest BCUT2D eigenvalue weighted by Gasteiger charge is 2.32. The summed E-state index contributed by atoms with van der Waals surface area (Å²) in [7, 11) is 0. The van der Waals surface area contributed by atoms with Gasteiger partial charge in [-0.05, 0) is 50.1 Å². The maximum Gasteiger partial charge on any atom is 0.416 e. The molecule has 1 aromatic heterocycles. The maximum atomic E-state index is 13.0. The Morgan fingerprint density at radius 2 is 1.87 bits per heavy atom. The summed E-state index contributed by atoms with van der Waals surface area (Å²) in [6, 6.07) is 9.10. The SMILES string of the molecule is CCCCCN(Cc1cccn1Cc1cccc(C(F)(F)F)c1)C(=O)C(C)(C)CCl. The summed E-state index contributed by atoms with van der Waals surface area (Å²) in [5.41, 5.74) is 0.107. The zero-order valence-electron chi connectivity index (χ0n) is 17.8. The summed E-state index contributed by atoms with van der Waals surface area (Å²) in [4.78, 5) is 14.9. The van der Waals surface area contributed by atoms with Crippen molar-refractivity contribution >= 4 is 17.5 Å². The number of hydrogen-bond acceptors (Lipinski definition) is 1. The lowest BCUT2D eigenvalue weighted by atomic mass is 9.94. The number of unbranched alkanes of at least 4 members (excludes halogenated alkanes) is 2. The van der Waals surface area contributed by atoms with E-state index in [0.717, 1.165) is 31.0 Å². The standard InChI is InChI=1S/C23H30ClF3N2O/c1-4-5-6-12-29(21(30)22(2,3)17-24)16-20-11-8-13-28(20)15-18-9-7-10-19(14-18)23(25,26)27/h7-11,13-14H,4-6,12,15-17H2,1-3H3. The first kappa shape index (κ1) is 24.3. The number of rotatable bonds is 10. The van der Waals surface area contributed by atoms with Crippen LogP contribution in [0.25, 0.3) is 0 Å². The topological polar surface area (TPSA) is 25.2 Å². The van der Waals surface area contributed by atoms with Crippen molar-refractivity contribution < 1.29 is 18.0 Å². The second kappa shape index (κ2) is 10.4. The minimum absolute atomic E-state index is 0.0135. The molecule has 0 saturated heterocycles. The summed E-state index contributed by atoms with van der Waals surface area (Å²) in [5.74, 6) is 0.210. The minimum atomic E-state index is -4.37. The van der Waals surface area contributed by atoms with Crippen LogP contribution in [0.15, 0.2) is 42.6 Å². The monoisotopic (exact) mass is 442 g/mol. The Bertz CT molecular complexity index is 830. The molecule has 0 fully saturated rings. The summed E-state index contributed by atoms with van der Waals surface area (Å²) >= 11 is 6.02. The van der Waals surface area contributed by atoms with E-state index in [1.54, 1.807) is 6.07 Å². The van der Waals surface area contributed by atoms with Crippen LogP contribution in [-0.2, 0) is 24.1 Å². The van der Waals surface area contributed by atoms with Gasteiger partial charge in [0.25, 0.3) is 0 Å². The average molecular weight is 443 g/mol. The molecule has 7 heteroatoms. The van der Waals surface area contributed by atoms with Crippen LogP contribution in [0.1, 0.15) is 56.9 Å². The lowest BCUT2D eigenvalue weighted by Crippen LogP contribution is -2.42. The van der Waals surface area contributed by atoms with E-state index in [4.69, 9.17) is 11.6 Å². The normalized spacial score (nSPS) is 12.2. The quantitative estimate of drug-likeness (QED) is 0.311. The molecule has 0 atom stereocenters. The Morgan fingerprint density at radius 3 is 2.50 bits per heavy atom. The molecule has 0 aliphatic carbocycles. The summed E-state index contributed by atoms with van der Waals surface area (Å²) in [6.07, 6.45) is 0.431. The fourth-order valence-corrected chi connectivity index (χ4v) is 3.39. The van der Waals surface area contributed by atoms with Gasteiger partial charge >= 0.3 is 6.18 Å². The number of nitrogens with zero attached hydrogens (tertiary/aromatic N) is 2. The molecule has 166 valence electrons. The van der Waals surface area contributed by atoms with E-state index in [1.807, 2.05) is 41.6 Å². The molecule has 0 aliphatic rings. The van der Waals surface area contributed by atoms with Crippen molar-refractivity contribution in [2.75, 3.05) is 12.4 Å². The molecule has 0 spiro atoms. The third-order valence-electron chi connectivity index (χ3n) is 5.12. The summed E-state index contributed by atoms with van der Waals surface area (Å²) in [5, 5.41) is 0. The molecule has 3 nitrogen and oxygen atoms in total. The average Bonchev–Trinajstić information content (AvgIpc) is 3.13. The van der Waals surface area contributed by atoms with Crippen LogP contribution in [0.3, 0.4) is 0 Å². The maximum absolute atomic E-state index is 13.0. The van der Waals surface area contributed by atoms with Crippen molar-refractivity contribution in [2.24, 2.45) is 5.41 Å². The van der Waals surface area contributed by atoms with Crippen molar-refractivity contribution in [3.8, 4) is 0 Å². The Balaban J connectivity index is 2.21. The van der Waals surface area contributed by atoms with Gasteiger partial charge in [-0.2, -0.15) is 13.2 Å². The molecule has 0 saturated carbocycles. The van der Waals surface area contributed by atoms with E-state index in [0.29, 0.717) is 25.2 Å². The van der Waals surface area contributed by atoms with Gasteiger partial charge in [-0.1, -0.05) is 31.9 Å². The predicted molar refractivity (Wildman–Crippen MR) is 114 cm³/mol. The first-order chi connectivity index (χ1) is 14.1. The van der Waals surface area contributed by atoms with Gasteiger partial charge in [-0.15, -0.1) is 11.6 Å². The van der Waals surface area contributed by atoms with Crippen LogP contribution >= 0.6 is 11.6 Å².